The predicted octanol–water partition coefficient (Wildman–Crippen LogP) is 4.08. The zero-order valence-electron chi connectivity index (χ0n) is 19.5. The monoisotopic (exact) mass is 460 g/mol. The molecule has 8 nitrogen and oxygen atoms in total. The van der Waals surface area contributed by atoms with Crippen molar-refractivity contribution >= 4 is 11.9 Å². The Labute approximate surface area is 199 Å². The normalized spacial score (nSPS) is 15.1. The fourth-order valence-corrected chi connectivity index (χ4v) is 4.43. The molecule has 2 aliphatic rings. The van der Waals surface area contributed by atoms with E-state index in [1.165, 1.54) is 0 Å². The van der Waals surface area contributed by atoms with E-state index in [2.05, 4.69) is 4.90 Å². The summed E-state index contributed by atoms with van der Waals surface area (Å²) in [5.74, 6) is 3.08. The lowest BCUT2D eigenvalue weighted by atomic mass is 10.0. The van der Waals surface area contributed by atoms with Gasteiger partial charge < -0.3 is 24.0 Å². The van der Waals surface area contributed by atoms with Gasteiger partial charge in [-0.05, 0) is 49.2 Å². The maximum Gasteiger partial charge on any atom is 0.257 e. The second-order valence-corrected chi connectivity index (χ2v) is 8.40. The van der Waals surface area contributed by atoms with Gasteiger partial charge in [-0.25, -0.2) is 4.98 Å². The van der Waals surface area contributed by atoms with Crippen LogP contribution in [0.2, 0.25) is 0 Å². The van der Waals surface area contributed by atoms with Crippen LogP contribution in [0.4, 0.5) is 5.95 Å². The molecule has 0 spiro atoms. The maximum absolute atomic E-state index is 13.3. The lowest BCUT2D eigenvalue weighted by Gasteiger charge is -2.30. The Morgan fingerprint density at radius 2 is 1.62 bits per heavy atom. The third-order valence-electron chi connectivity index (χ3n) is 6.30. The standard InChI is InChI=1S/C26H28N4O4/c1-32-18-9-11-19(12-10-18)34-24-21-17-30(25(31)20-7-3-4-8-23(20)33-2)16-13-22(21)27-26(28-24)29-14-5-6-15-29/h3-4,7-12H,5-6,13-17H2,1-2H3. The molecule has 176 valence electrons. The number of aromatic nitrogens is 2. The molecule has 1 amide bonds. The van der Waals surface area contributed by atoms with Gasteiger partial charge in [0, 0.05) is 26.1 Å². The van der Waals surface area contributed by atoms with E-state index < -0.39 is 0 Å². The minimum Gasteiger partial charge on any atom is -0.497 e. The van der Waals surface area contributed by atoms with E-state index in [1.54, 1.807) is 31.3 Å². The number of ether oxygens (including phenoxy) is 3. The molecule has 1 aromatic heterocycles. The van der Waals surface area contributed by atoms with Crippen molar-refractivity contribution in [3.05, 3.63) is 65.4 Å². The molecule has 3 heterocycles. The first-order valence-electron chi connectivity index (χ1n) is 11.5. The van der Waals surface area contributed by atoms with Gasteiger partial charge in [0.2, 0.25) is 11.8 Å². The minimum atomic E-state index is -0.0814. The van der Waals surface area contributed by atoms with Gasteiger partial charge in [0.05, 0.1) is 37.6 Å². The third kappa shape index (κ3) is 4.35. The van der Waals surface area contributed by atoms with Crippen LogP contribution < -0.4 is 19.1 Å². The number of anilines is 1. The quantitative estimate of drug-likeness (QED) is 0.548. The van der Waals surface area contributed by atoms with E-state index >= 15 is 0 Å². The van der Waals surface area contributed by atoms with Crippen LogP contribution in [-0.2, 0) is 13.0 Å². The SMILES string of the molecule is COc1ccc(Oc2nc(N3CCCC3)nc3c2CN(C(=O)c2ccccc2OC)CC3)cc1. The minimum absolute atomic E-state index is 0.0814. The van der Waals surface area contributed by atoms with Crippen molar-refractivity contribution in [2.24, 2.45) is 0 Å². The van der Waals surface area contributed by atoms with Crippen molar-refractivity contribution in [2.45, 2.75) is 25.8 Å². The molecule has 1 saturated heterocycles. The van der Waals surface area contributed by atoms with Crippen LogP contribution >= 0.6 is 0 Å². The summed E-state index contributed by atoms with van der Waals surface area (Å²) in [6.07, 6.45) is 2.91. The molecule has 0 bridgehead atoms. The predicted molar refractivity (Wildman–Crippen MR) is 128 cm³/mol. The number of fused-ring (bicyclic) bond motifs is 1. The molecule has 0 N–H and O–H groups in total. The molecule has 3 aromatic rings. The number of carbonyl (C=O) groups excluding carboxylic acids is 1. The largest absolute Gasteiger partial charge is 0.497 e. The van der Waals surface area contributed by atoms with Crippen LogP contribution in [0, 0.1) is 0 Å². The Morgan fingerprint density at radius 1 is 0.882 bits per heavy atom. The molecule has 2 aromatic carbocycles. The van der Waals surface area contributed by atoms with Gasteiger partial charge in [-0.1, -0.05) is 12.1 Å². The number of nitrogens with zero attached hydrogens (tertiary/aromatic N) is 4. The highest BCUT2D eigenvalue weighted by Crippen LogP contribution is 2.33. The molecule has 2 aliphatic heterocycles. The van der Waals surface area contributed by atoms with Crippen LogP contribution in [0.1, 0.15) is 34.5 Å². The lowest BCUT2D eigenvalue weighted by Crippen LogP contribution is -2.37. The summed E-state index contributed by atoms with van der Waals surface area (Å²) in [4.78, 5) is 27.0. The van der Waals surface area contributed by atoms with E-state index in [4.69, 9.17) is 24.2 Å². The van der Waals surface area contributed by atoms with E-state index in [0.29, 0.717) is 48.4 Å². The Balaban J connectivity index is 1.48. The molecule has 0 aliphatic carbocycles. The second-order valence-electron chi connectivity index (χ2n) is 8.40. The Morgan fingerprint density at radius 3 is 2.35 bits per heavy atom. The summed E-state index contributed by atoms with van der Waals surface area (Å²) in [5.41, 5.74) is 2.32. The maximum atomic E-state index is 13.3. The second kappa shape index (κ2) is 9.59. The highest BCUT2D eigenvalue weighted by atomic mass is 16.5. The molecule has 8 heteroatoms. The highest BCUT2D eigenvalue weighted by molar-refractivity contribution is 5.97. The number of carbonyl (C=O) groups is 1. The van der Waals surface area contributed by atoms with Crippen molar-refractivity contribution in [1.29, 1.82) is 0 Å². The lowest BCUT2D eigenvalue weighted by molar-refractivity contribution is 0.0728. The van der Waals surface area contributed by atoms with Gasteiger partial charge in [0.1, 0.15) is 17.2 Å². The van der Waals surface area contributed by atoms with E-state index in [1.807, 2.05) is 36.4 Å². The molecule has 0 unspecified atom stereocenters. The summed E-state index contributed by atoms with van der Waals surface area (Å²) < 4.78 is 16.9. The Hall–Kier alpha value is -3.81. The first-order chi connectivity index (χ1) is 16.7. The first-order valence-corrected chi connectivity index (χ1v) is 11.5. The molecule has 0 atom stereocenters. The molecule has 0 radical (unpaired) electrons. The summed E-state index contributed by atoms with van der Waals surface area (Å²) in [7, 11) is 3.21. The van der Waals surface area contributed by atoms with Crippen LogP contribution in [0.3, 0.4) is 0 Å². The Kier molecular flexibility index (Phi) is 6.20. The van der Waals surface area contributed by atoms with Crippen LogP contribution in [0.15, 0.2) is 48.5 Å². The highest BCUT2D eigenvalue weighted by Gasteiger charge is 2.29. The summed E-state index contributed by atoms with van der Waals surface area (Å²) in [6, 6.07) is 14.7. The number of benzene rings is 2. The number of rotatable bonds is 6. The molecule has 0 saturated carbocycles. The van der Waals surface area contributed by atoms with E-state index in [-0.39, 0.29) is 5.91 Å². The molecule has 34 heavy (non-hydrogen) atoms. The zero-order chi connectivity index (χ0) is 23.5. The average molecular weight is 461 g/mol. The number of para-hydroxylation sites is 1. The average Bonchev–Trinajstić information content (AvgIpc) is 3.43. The van der Waals surface area contributed by atoms with Gasteiger partial charge in [0.15, 0.2) is 0 Å². The number of methoxy groups -OCH3 is 2. The first kappa shape index (κ1) is 22.0. The van der Waals surface area contributed by atoms with Crippen molar-refractivity contribution in [3.63, 3.8) is 0 Å². The van der Waals surface area contributed by atoms with Gasteiger partial charge in [-0.3, -0.25) is 4.79 Å². The fraction of sp³-hybridized carbons (Fsp3) is 0.346. The molecular formula is C26H28N4O4. The molecule has 5 rings (SSSR count). The summed E-state index contributed by atoms with van der Waals surface area (Å²) >= 11 is 0. The third-order valence-corrected chi connectivity index (χ3v) is 6.30. The van der Waals surface area contributed by atoms with Gasteiger partial charge in [-0.15, -0.1) is 0 Å². The van der Waals surface area contributed by atoms with Crippen molar-refractivity contribution < 1.29 is 19.0 Å². The Bertz CT molecular complexity index is 1180. The summed E-state index contributed by atoms with van der Waals surface area (Å²) in [6.45, 7) is 2.83. The number of amides is 1. The van der Waals surface area contributed by atoms with E-state index in [0.717, 1.165) is 42.9 Å². The van der Waals surface area contributed by atoms with Crippen LogP contribution in [-0.4, -0.2) is 54.6 Å². The van der Waals surface area contributed by atoms with Crippen molar-refractivity contribution in [3.8, 4) is 23.1 Å². The zero-order valence-corrected chi connectivity index (χ0v) is 19.5. The van der Waals surface area contributed by atoms with Crippen LogP contribution in [0.5, 0.6) is 23.1 Å². The molecule has 1 fully saturated rings. The smallest absolute Gasteiger partial charge is 0.257 e. The number of hydrogen-bond acceptors (Lipinski definition) is 7. The van der Waals surface area contributed by atoms with Crippen LogP contribution in [0.25, 0.3) is 0 Å². The van der Waals surface area contributed by atoms with E-state index in [9.17, 15) is 4.79 Å². The van der Waals surface area contributed by atoms with Crippen molar-refractivity contribution in [2.75, 3.05) is 38.8 Å². The topological polar surface area (TPSA) is 77.0 Å². The van der Waals surface area contributed by atoms with Crippen molar-refractivity contribution in [1.82, 2.24) is 14.9 Å². The fourth-order valence-electron chi connectivity index (χ4n) is 4.43. The summed E-state index contributed by atoms with van der Waals surface area (Å²) in [5, 5.41) is 0. The van der Waals surface area contributed by atoms with Gasteiger partial charge in [-0.2, -0.15) is 4.98 Å². The number of hydrogen-bond donors (Lipinski definition) is 0. The molecular weight excluding hydrogens is 432 g/mol. The van der Waals surface area contributed by atoms with Gasteiger partial charge in [0.25, 0.3) is 5.91 Å². The van der Waals surface area contributed by atoms with Gasteiger partial charge >= 0.3 is 0 Å².